The average Bonchev–Trinajstić information content (AvgIpc) is 3.12. The van der Waals surface area contributed by atoms with Crippen LogP contribution in [0.2, 0.25) is 0 Å². The fraction of sp³-hybridized carbons (Fsp3) is 0.350. The van der Waals surface area contributed by atoms with Crippen LogP contribution < -0.4 is 10.1 Å². The Labute approximate surface area is 173 Å². The van der Waals surface area contributed by atoms with Crippen LogP contribution in [0, 0.1) is 5.92 Å². The summed E-state index contributed by atoms with van der Waals surface area (Å²) in [4.78, 5) is 20.4. The lowest BCUT2D eigenvalue weighted by atomic mass is 9.81. The van der Waals surface area contributed by atoms with Crippen molar-refractivity contribution >= 4 is 33.3 Å². The van der Waals surface area contributed by atoms with Crippen LogP contribution in [0.15, 0.2) is 41.9 Å². The summed E-state index contributed by atoms with van der Waals surface area (Å²) >= 11 is 0.835. The Morgan fingerprint density at radius 3 is 2.73 bits per heavy atom. The second kappa shape index (κ2) is 7.51. The van der Waals surface area contributed by atoms with Crippen molar-refractivity contribution in [3.8, 4) is 5.75 Å². The molecule has 6 nitrogen and oxygen atoms in total. The highest BCUT2D eigenvalue weighted by molar-refractivity contribution is 7.13. The molecule has 10 heteroatoms. The number of fused-ring (bicyclic) bond motifs is 1. The first-order chi connectivity index (χ1) is 14.1. The minimum absolute atomic E-state index is 0.0159. The van der Waals surface area contributed by atoms with E-state index in [1.807, 2.05) is 30.3 Å². The van der Waals surface area contributed by atoms with E-state index in [0.717, 1.165) is 27.6 Å². The first-order valence-electron chi connectivity index (χ1n) is 9.21. The van der Waals surface area contributed by atoms with Crippen molar-refractivity contribution in [1.29, 1.82) is 0 Å². The van der Waals surface area contributed by atoms with E-state index in [1.165, 1.54) is 0 Å². The van der Waals surface area contributed by atoms with Crippen molar-refractivity contribution in [2.75, 3.05) is 5.32 Å². The zero-order valence-electron chi connectivity index (χ0n) is 15.8. The van der Waals surface area contributed by atoms with E-state index < -0.39 is 17.5 Å². The number of rotatable bonds is 5. The van der Waals surface area contributed by atoms with Crippen molar-refractivity contribution < 1.29 is 27.8 Å². The number of hydrogen-bond acceptors (Lipinski definition) is 6. The maximum absolute atomic E-state index is 12.9. The predicted molar refractivity (Wildman–Crippen MR) is 105 cm³/mol. The molecule has 0 spiro atoms. The predicted octanol–water partition coefficient (Wildman–Crippen LogP) is 4.26. The molecule has 0 bridgehead atoms. The van der Waals surface area contributed by atoms with Gasteiger partial charge in [-0.15, -0.1) is 11.3 Å². The Balaban J connectivity index is 1.34. The molecule has 0 radical (unpaired) electrons. The number of halogens is 3. The van der Waals surface area contributed by atoms with E-state index in [2.05, 4.69) is 15.3 Å². The molecule has 1 aromatic carbocycles. The zero-order chi connectivity index (χ0) is 21.5. The number of thiazole rings is 1. The van der Waals surface area contributed by atoms with Gasteiger partial charge in [0.05, 0.1) is 5.69 Å². The molecule has 1 aliphatic rings. The van der Waals surface area contributed by atoms with Gasteiger partial charge in [0.2, 0.25) is 11.5 Å². The monoisotopic (exact) mass is 437 g/mol. The van der Waals surface area contributed by atoms with Crippen LogP contribution in [-0.4, -0.2) is 33.3 Å². The number of alkyl halides is 3. The number of nitrogens with zero attached hydrogens (tertiary/aromatic N) is 2. The number of nitrogens with one attached hydrogen (secondary N) is 1. The van der Waals surface area contributed by atoms with Gasteiger partial charge < -0.3 is 15.2 Å². The largest absolute Gasteiger partial charge is 0.488 e. The molecular formula is C20H18F3N3O3S. The number of carbonyl (C=O) groups excluding carboxylic acids is 1. The van der Waals surface area contributed by atoms with E-state index in [4.69, 9.17) is 4.74 Å². The van der Waals surface area contributed by atoms with Gasteiger partial charge in [0, 0.05) is 22.9 Å². The molecule has 1 atom stereocenters. The molecule has 1 unspecified atom stereocenters. The maximum atomic E-state index is 12.9. The molecule has 4 rings (SSSR count). The Morgan fingerprint density at radius 1 is 1.27 bits per heavy atom. The number of amides is 1. The number of ether oxygens (including phenoxy) is 1. The summed E-state index contributed by atoms with van der Waals surface area (Å²) < 4.78 is 44.7. The highest BCUT2D eigenvalue weighted by Crippen LogP contribution is 2.40. The summed E-state index contributed by atoms with van der Waals surface area (Å²) in [5.41, 5.74) is -2.87. The summed E-state index contributed by atoms with van der Waals surface area (Å²) in [6.07, 6.45) is -2.37. The third-order valence-electron chi connectivity index (χ3n) is 5.14. The molecule has 2 N–H and O–H groups in total. The number of aromatic nitrogens is 2. The quantitative estimate of drug-likeness (QED) is 0.623. The Kier molecular flexibility index (Phi) is 5.15. The Bertz CT molecular complexity index is 1070. The van der Waals surface area contributed by atoms with Gasteiger partial charge in [0.25, 0.3) is 0 Å². The van der Waals surface area contributed by atoms with Crippen LogP contribution >= 0.6 is 11.3 Å². The van der Waals surface area contributed by atoms with Crippen molar-refractivity contribution in [2.24, 2.45) is 5.92 Å². The first kappa shape index (κ1) is 20.5. The molecule has 1 aliphatic carbocycles. The van der Waals surface area contributed by atoms with Crippen LogP contribution in [-0.2, 0) is 10.4 Å². The lowest BCUT2D eigenvalue weighted by molar-refractivity contribution is -0.260. The van der Waals surface area contributed by atoms with E-state index >= 15 is 0 Å². The number of pyridine rings is 1. The number of carbonyl (C=O) groups is 1. The van der Waals surface area contributed by atoms with Gasteiger partial charge in [-0.05, 0) is 31.9 Å². The standard InChI is InChI=1S/C20H18F3N3O3S/c1-19(28,20(21,22)23)15-10-30-18(25-15)26-17(27)12-8-13(9-12)29-14-6-2-4-11-5-3-7-24-16(11)14/h2-7,10,12-13,28H,8-9H2,1H3,(H,25,26,27). The zero-order valence-corrected chi connectivity index (χ0v) is 16.6. The number of aliphatic hydroxyl groups is 1. The summed E-state index contributed by atoms with van der Waals surface area (Å²) in [5, 5.41) is 14.3. The number of anilines is 1. The van der Waals surface area contributed by atoms with Crippen LogP contribution in [0.1, 0.15) is 25.5 Å². The highest BCUT2D eigenvalue weighted by atomic mass is 32.1. The average molecular weight is 437 g/mol. The normalized spacial score (nSPS) is 21.0. The van der Waals surface area contributed by atoms with E-state index in [-0.39, 0.29) is 23.1 Å². The SMILES string of the molecule is CC(O)(c1csc(NC(=O)C2CC(Oc3cccc4cccnc34)C2)n1)C(F)(F)F. The lowest BCUT2D eigenvalue weighted by Gasteiger charge is -2.34. The minimum Gasteiger partial charge on any atom is -0.488 e. The molecular weight excluding hydrogens is 419 g/mol. The van der Waals surface area contributed by atoms with E-state index in [9.17, 15) is 23.1 Å². The molecule has 0 saturated heterocycles. The van der Waals surface area contributed by atoms with Gasteiger partial charge >= 0.3 is 6.18 Å². The van der Waals surface area contributed by atoms with Gasteiger partial charge in [0.15, 0.2) is 5.13 Å². The molecule has 3 aromatic rings. The summed E-state index contributed by atoms with van der Waals surface area (Å²) in [6.45, 7) is 0.629. The van der Waals surface area contributed by atoms with Crippen molar-refractivity contribution in [3.63, 3.8) is 0 Å². The highest BCUT2D eigenvalue weighted by Gasteiger charge is 2.52. The fourth-order valence-corrected chi connectivity index (χ4v) is 3.95. The summed E-state index contributed by atoms with van der Waals surface area (Å²) in [7, 11) is 0. The van der Waals surface area contributed by atoms with Crippen molar-refractivity contribution in [1.82, 2.24) is 9.97 Å². The third-order valence-corrected chi connectivity index (χ3v) is 5.90. The van der Waals surface area contributed by atoms with Crippen molar-refractivity contribution in [3.05, 3.63) is 47.6 Å². The molecule has 1 saturated carbocycles. The smallest absolute Gasteiger partial charge is 0.422 e. The van der Waals surface area contributed by atoms with Crippen LogP contribution in [0.3, 0.4) is 0 Å². The molecule has 2 heterocycles. The number of para-hydroxylation sites is 1. The van der Waals surface area contributed by atoms with Crippen LogP contribution in [0.25, 0.3) is 10.9 Å². The number of benzene rings is 1. The van der Waals surface area contributed by atoms with Gasteiger partial charge in [-0.1, -0.05) is 18.2 Å². The topological polar surface area (TPSA) is 84.3 Å². The second-order valence-corrected chi connectivity index (χ2v) is 8.19. The van der Waals surface area contributed by atoms with Crippen molar-refractivity contribution in [2.45, 2.75) is 37.6 Å². The molecule has 158 valence electrons. The summed E-state index contributed by atoms with van der Waals surface area (Å²) in [5.74, 6) is -0.0113. The van der Waals surface area contributed by atoms with Gasteiger partial charge in [-0.25, -0.2) is 4.98 Å². The Hall–Kier alpha value is -2.72. The molecule has 1 amide bonds. The van der Waals surface area contributed by atoms with Gasteiger partial charge in [0.1, 0.15) is 17.4 Å². The molecule has 0 aliphatic heterocycles. The maximum Gasteiger partial charge on any atom is 0.422 e. The lowest BCUT2D eigenvalue weighted by Crippen LogP contribution is -2.41. The van der Waals surface area contributed by atoms with Crippen LogP contribution in [0.4, 0.5) is 18.3 Å². The fourth-order valence-electron chi connectivity index (χ4n) is 3.13. The van der Waals surface area contributed by atoms with E-state index in [1.54, 1.807) is 6.20 Å². The minimum atomic E-state index is -4.86. The molecule has 1 fully saturated rings. The van der Waals surface area contributed by atoms with Gasteiger partial charge in [-0.3, -0.25) is 9.78 Å². The molecule has 2 aromatic heterocycles. The van der Waals surface area contributed by atoms with Gasteiger partial charge in [-0.2, -0.15) is 13.2 Å². The summed E-state index contributed by atoms with van der Waals surface area (Å²) in [6, 6.07) is 9.41. The number of hydrogen-bond donors (Lipinski definition) is 2. The van der Waals surface area contributed by atoms with Crippen LogP contribution in [0.5, 0.6) is 5.75 Å². The third kappa shape index (κ3) is 3.84. The Morgan fingerprint density at radius 2 is 2.00 bits per heavy atom. The second-order valence-electron chi connectivity index (χ2n) is 7.34. The first-order valence-corrected chi connectivity index (χ1v) is 10.1. The van der Waals surface area contributed by atoms with E-state index in [0.29, 0.717) is 25.5 Å². The molecule has 30 heavy (non-hydrogen) atoms.